The number of ether oxygens (including phenoxy) is 1. The van der Waals surface area contributed by atoms with Gasteiger partial charge in [-0.1, -0.05) is 46.0 Å². The summed E-state index contributed by atoms with van der Waals surface area (Å²) in [6, 6.07) is 8.24. The lowest BCUT2D eigenvalue weighted by Gasteiger charge is -2.47. The molecule has 0 radical (unpaired) electrons. The molecule has 6 rings (SSSR count). The third-order valence-electron chi connectivity index (χ3n) is 6.91. The topological polar surface area (TPSA) is 122 Å². The molecule has 4 aromatic rings. The second-order valence-electron chi connectivity index (χ2n) is 9.65. The van der Waals surface area contributed by atoms with Crippen molar-refractivity contribution in [1.29, 1.82) is 0 Å². The number of pyridine rings is 2. The number of carbonyl (C=O) groups is 1. The van der Waals surface area contributed by atoms with Gasteiger partial charge in [0, 0.05) is 35.6 Å². The molecule has 1 saturated carbocycles. The summed E-state index contributed by atoms with van der Waals surface area (Å²) in [6.07, 6.45) is 6.32. The zero-order chi connectivity index (χ0) is 27.3. The first-order valence-corrected chi connectivity index (χ1v) is 13.2. The average molecular weight is 588 g/mol. The minimum atomic E-state index is -1.18. The Morgan fingerprint density at radius 1 is 1.08 bits per heavy atom. The molecule has 2 fully saturated rings. The molecule has 0 atom stereocenters. The molecule has 9 nitrogen and oxygen atoms in total. The second-order valence-corrected chi connectivity index (χ2v) is 10.9. The van der Waals surface area contributed by atoms with E-state index in [0.29, 0.717) is 43.5 Å². The van der Waals surface area contributed by atoms with E-state index < -0.39 is 11.6 Å². The summed E-state index contributed by atoms with van der Waals surface area (Å²) in [5.41, 5.74) is 1.31. The monoisotopic (exact) mass is 586 g/mol. The number of hydrogen-bond donors (Lipinski definition) is 2. The zero-order valence-corrected chi connectivity index (χ0v) is 22.5. The van der Waals surface area contributed by atoms with E-state index in [1.165, 1.54) is 24.7 Å². The summed E-state index contributed by atoms with van der Waals surface area (Å²) in [5, 5.41) is 25.6. The van der Waals surface area contributed by atoms with E-state index in [9.17, 15) is 9.90 Å². The Balaban J connectivity index is 1.18. The van der Waals surface area contributed by atoms with Gasteiger partial charge in [-0.2, -0.15) is 0 Å². The van der Waals surface area contributed by atoms with Crippen LogP contribution >= 0.6 is 34.8 Å². The van der Waals surface area contributed by atoms with Crippen molar-refractivity contribution >= 4 is 46.6 Å². The first-order valence-electron chi connectivity index (χ1n) is 12.1. The molecule has 3 aromatic heterocycles. The summed E-state index contributed by atoms with van der Waals surface area (Å²) in [7, 11) is 0. The maximum atomic E-state index is 11.2. The van der Waals surface area contributed by atoms with E-state index in [0.717, 1.165) is 24.2 Å². The standard InChI is InChI=1S/C27H21Cl3N4O5/c28-19-7-16(4-5-18(19)27(37)12-34(13-27)22-6-3-15(8-32-22)26(35)36)38-11-17-24(33-39-25(17)14-1-2-14)23-20(29)9-31-10-21(23)30/h3-10,14,37H,1-2,11-13H2,(H,35,36). The van der Waals surface area contributed by atoms with Crippen LogP contribution in [0.25, 0.3) is 11.3 Å². The number of carboxylic acids is 1. The van der Waals surface area contributed by atoms with Crippen molar-refractivity contribution in [3.8, 4) is 17.0 Å². The Morgan fingerprint density at radius 2 is 1.82 bits per heavy atom. The van der Waals surface area contributed by atoms with Crippen LogP contribution in [0.5, 0.6) is 5.75 Å². The van der Waals surface area contributed by atoms with Gasteiger partial charge in [0.05, 0.1) is 39.3 Å². The van der Waals surface area contributed by atoms with Crippen LogP contribution in [-0.2, 0) is 12.2 Å². The molecular weight excluding hydrogens is 567 g/mol. The minimum absolute atomic E-state index is 0.0997. The summed E-state index contributed by atoms with van der Waals surface area (Å²) in [4.78, 5) is 21.1. The Bertz CT molecular complexity index is 1550. The SMILES string of the molecule is O=C(O)c1ccc(N2CC(O)(c3ccc(OCc4c(-c5c(Cl)cncc5Cl)noc4C4CC4)cc3Cl)C2)nc1. The summed E-state index contributed by atoms with van der Waals surface area (Å²) >= 11 is 19.4. The highest BCUT2D eigenvalue weighted by atomic mass is 35.5. The van der Waals surface area contributed by atoms with Crippen LogP contribution in [0.15, 0.2) is 53.4 Å². The molecular formula is C27H21Cl3N4O5. The number of benzene rings is 1. The molecule has 0 spiro atoms. The fraction of sp³-hybridized carbons (Fsp3) is 0.259. The maximum Gasteiger partial charge on any atom is 0.337 e. The molecule has 2 N–H and O–H groups in total. The van der Waals surface area contributed by atoms with E-state index in [4.69, 9.17) is 49.2 Å². The fourth-order valence-corrected chi connectivity index (χ4v) is 5.59. The van der Waals surface area contributed by atoms with E-state index >= 15 is 0 Å². The van der Waals surface area contributed by atoms with Gasteiger partial charge < -0.3 is 24.4 Å². The third-order valence-corrected chi connectivity index (χ3v) is 7.79. The maximum absolute atomic E-state index is 11.2. The number of nitrogens with zero attached hydrogens (tertiary/aromatic N) is 4. The number of anilines is 1. The van der Waals surface area contributed by atoms with Crippen molar-refractivity contribution < 1.29 is 24.3 Å². The van der Waals surface area contributed by atoms with Crippen molar-refractivity contribution in [3.63, 3.8) is 0 Å². The van der Waals surface area contributed by atoms with Crippen molar-refractivity contribution in [2.24, 2.45) is 0 Å². The Labute approximate surface area is 237 Å². The highest BCUT2D eigenvalue weighted by Crippen LogP contribution is 2.46. The Morgan fingerprint density at radius 3 is 2.44 bits per heavy atom. The molecule has 200 valence electrons. The molecule has 1 aliphatic carbocycles. The third kappa shape index (κ3) is 4.91. The summed E-state index contributed by atoms with van der Waals surface area (Å²) in [5.74, 6) is 1.07. The Kier molecular flexibility index (Phi) is 6.63. The van der Waals surface area contributed by atoms with Gasteiger partial charge in [-0.25, -0.2) is 9.78 Å². The van der Waals surface area contributed by atoms with Crippen LogP contribution in [0, 0.1) is 0 Å². The first kappa shape index (κ1) is 25.9. The lowest BCUT2D eigenvalue weighted by molar-refractivity contribution is 0.00710. The predicted octanol–water partition coefficient (Wildman–Crippen LogP) is 5.95. The predicted molar refractivity (Wildman–Crippen MR) is 145 cm³/mol. The van der Waals surface area contributed by atoms with Crippen molar-refractivity contribution in [3.05, 3.63) is 86.4 Å². The lowest BCUT2D eigenvalue weighted by Crippen LogP contribution is -2.60. The van der Waals surface area contributed by atoms with Gasteiger partial charge in [0.25, 0.3) is 0 Å². The van der Waals surface area contributed by atoms with Gasteiger partial charge in [0.1, 0.15) is 35.2 Å². The first-order chi connectivity index (χ1) is 18.7. The quantitative estimate of drug-likeness (QED) is 0.257. The lowest BCUT2D eigenvalue weighted by atomic mass is 9.86. The average Bonchev–Trinajstić information content (AvgIpc) is 3.66. The van der Waals surface area contributed by atoms with Crippen LogP contribution in [0.2, 0.25) is 15.1 Å². The largest absolute Gasteiger partial charge is 0.489 e. The van der Waals surface area contributed by atoms with Crippen molar-refractivity contribution in [1.82, 2.24) is 15.1 Å². The van der Waals surface area contributed by atoms with Gasteiger partial charge in [-0.3, -0.25) is 4.98 Å². The number of rotatable bonds is 8. The minimum Gasteiger partial charge on any atom is -0.489 e. The van der Waals surface area contributed by atoms with Gasteiger partial charge in [0.2, 0.25) is 0 Å². The molecule has 4 heterocycles. The van der Waals surface area contributed by atoms with Crippen LogP contribution in [0.4, 0.5) is 5.82 Å². The number of hydrogen-bond acceptors (Lipinski definition) is 8. The van der Waals surface area contributed by atoms with Gasteiger partial charge >= 0.3 is 5.97 Å². The number of halogens is 3. The van der Waals surface area contributed by atoms with Gasteiger partial charge in [-0.15, -0.1) is 0 Å². The molecule has 2 aliphatic rings. The zero-order valence-electron chi connectivity index (χ0n) is 20.3. The van der Waals surface area contributed by atoms with Crippen molar-refractivity contribution in [2.45, 2.75) is 31.0 Å². The molecule has 0 bridgehead atoms. The smallest absolute Gasteiger partial charge is 0.337 e. The Hall–Kier alpha value is -3.37. The van der Waals surface area contributed by atoms with E-state index in [-0.39, 0.29) is 31.2 Å². The van der Waals surface area contributed by atoms with E-state index in [2.05, 4.69) is 15.1 Å². The molecule has 1 aliphatic heterocycles. The van der Waals surface area contributed by atoms with Gasteiger partial charge in [-0.05, 0) is 37.1 Å². The molecule has 0 amide bonds. The number of carboxylic acid groups (broad SMARTS) is 1. The van der Waals surface area contributed by atoms with Crippen LogP contribution < -0.4 is 9.64 Å². The fourth-order valence-electron chi connectivity index (χ4n) is 4.70. The highest BCUT2D eigenvalue weighted by Gasteiger charge is 2.44. The highest BCUT2D eigenvalue weighted by molar-refractivity contribution is 6.38. The number of aromatic carboxylic acids is 1. The van der Waals surface area contributed by atoms with Crippen LogP contribution in [-0.4, -0.2) is 44.4 Å². The van der Waals surface area contributed by atoms with Crippen molar-refractivity contribution in [2.75, 3.05) is 18.0 Å². The van der Waals surface area contributed by atoms with E-state index in [1.54, 1.807) is 24.3 Å². The second kappa shape index (κ2) is 9.98. The van der Waals surface area contributed by atoms with Gasteiger partial charge in [0.15, 0.2) is 0 Å². The summed E-state index contributed by atoms with van der Waals surface area (Å²) in [6.45, 7) is 0.675. The van der Waals surface area contributed by atoms with Crippen LogP contribution in [0.1, 0.15) is 46.0 Å². The molecule has 0 unspecified atom stereocenters. The normalized spacial score (nSPS) is 16.2. The summed E-state index contributed by atoms with van der Waals surface area (Å²) < 4.78 is 11.8. The molecule has 39 heavy (non-hydrogen) atoms. The molecule has 12 heteroatoms. The van der Waals surface area contributed by atoms with E-state index in [1.807, 2.05) is 4.90 Å². The van der Waals surface area contributed by atoms with Crippen LogP contribution in [0.3, 0.4) is 0 Å². The number of aromatic nitrogens is 3. The number of aliphatic hydroxyl groups is 1. The number of β-amino-alcohol motifs (C(OH)–C–C–N with tert-alkyl or cyclic N) is 1. The molecule has 1 aromatic carbocycles. The molecule has 1 saturated heterocycles.